The summed E-state index contributed by atoms with van der Waals surface area (Å²) < 4.78 is 0.953. The van der Waals surface area contributed by atoms with Crippen molar-refractivity contribution >= 4 is 33.3 Å². The summed E-state index contributed by atoms with van der Waals surface area (Å²) in [6.07, 6.45) is 1.70. The first-order valence-corrected chi connectivity index (χ1v) is 7.28. The van der Waals surface area contributed by atoms with Gasteiger partial charge in [-0.25, -0.2) is 4.98 Å². The quantitative estimate of drug-likeness (QED) is 0.793. The number of nitrogens with zero attached hydrogens (tertiary/aromatic N) is 3. The summed E-state index contributed by atoms with van der Waals surface area (Å²) >= 11 is 9.48. The summed E-state index contributed by atoms with van der Waals surface area (Å²) in [4.78, 5) is 8.91. The third kappa shape index (κ3) is 5.12. The van der Waals surface area contributed by atoms with Crippen molar-refractivity contribution in [3.63, 3.8) is 0 Å². The Bertz CT molecular complexity index is 382. The number of anilines is 1. The molecule has 0 aliphatic carbocycles. The van der Waals surface area contributed by atoms with Gasteiger partial charge < -0.3 is 9.80 Å². The highest BCUT2D eigenvalue weighted by Crippen LogP contribution is 2.26. The third-order valence-electron chi connectivity index (χ3n) is 2.49. The van der Waals surface area contributed by atoms with Crippen molar-refractivity contribution < 1.29 is 0 Å². The van der Waals surface area contributed by atoms with Gasteiger partial charge >= 0.3 is 0 Å². The molecular weight excluding hydrogens is 314 g/mol. The van der Waals surface area contributed by atoms with Gasteiger partial charge in [0.25, 0.3) is 0 Å². The number of hydrogen-bond donors (Lipinski definition) is 0. The van der Waals surface area contributed by atoms with Crippen LogP contribution in [-0.4, -0.2) is 43.6 Å². The van der Waals surface area contributed by atoms with Crippen molar-refractivity contribution in [2.24, 2.45) is 5.92 Å². The lowest BCUT2D eigenvalue weighted by Gasteiger charge is -2.27. The van der Waals surface area contributed by atoms with E-state index in [1.165, 1.54) is 0 Å². The van der Waals surface area contributed by atoms with Crippen LogP contribution in [-0.2, 0) is 0 Å². The average Bonchev–Trinajstić information content (AvgIpc) is 2.24. The molecule has 102 valence electrons. The van der Waals surface area contributed by atoms with Crippen LogP contribution < -0.4 is 4.90 Å². The van der Waals surface area contributed by atoms with E-state index in [1.807, 2.05) is 6.07 Å². The second kappa shape index (κ2) is 7.31. The molecule has 0 fully saturated rings. The summed E-state index contributed by atoms with van der Waals surface area (Å²) in [6, 6.07) is 1.90. The number of rotatable bonds is 6. The van der Waals surface area contributed by atoms with Crippen molar-refractivity contribution in [2.75, 3.05) is 38.6 Å². The molecule has 1 rings (SSSR count). The van der Waals surface area contributed by atoms with Gasteiger partial charge in [0.05, 0.1) is 9.50 Å². The predicted octanol–water partition coefficient (Wildman–Crippen LogP) is 3.52. The van der Waals surface area contributed by atoms with Crippen molar-refractivity contribution in [1.82, 2.24) is 9.88 Å². The molecule has 3 nitrogen and oxygen atoms in total. The zero-order chi connectivity index (χ0) is 13.7. The first kappa shape index (κ1) is 15.7. The topological polar surface area (TPSA) is 19.4 Å². The molecule has 0 saturated carbocycles. The number of hydrogen-bond acceptors (Lipinski definition) is 3. The average molecular weight is 335 g/mol. The Morgan fingerprint density at radius 2 is 2.00 bits per heavy atom. The molecule has 0 amide bonds. The Labute approximate surface area is 123 Å². The van der Waals surface area contributed by atoms with Gasteiger partial charge in [-0.05, 0) is 42.0 Å². The van der Waals surface area contributed by atoms with E-state index in [1.54, 1.807) is 6.20 Å². The predicted molar refractivity (Wildman–Crippen MR) is 82.6 cm³/mol. The Balaban J connectivity index is 2.86. The van der Waals surface area contributed by atoms with Crippen molar-refractivity contribution in [3.05, 3.63) is 21.8 Å². The van der Waals surface area contributed by atoms with E-state index in [9.17, 15) is 0 Å². The maximum absolute atomic E-state index is 5.94. The minimum Gasteiger partial charge on any atom is -0.354 e. The zero-order valence-corrected chi connectivity index (χ0v) is 13.8. The maximum atomic E-state index is 5.94. The van der Waals surface area contributed by atoms with E-state index in [4.69, 9.17) is 11.6 Å². The van der Waals surface area contributed by atoms with Gasteiger partial charge in [0, 0.05) is 25.8 Å². The fraction of sp³-hybridized carbons (Fsp3) is 0.615. The lowest BCUT2D eigenvalue weighted by atomic mass is 10.2. The highest BCUT2D eigenvalue weighted by molar-refractivity contribution is 9.10. The minimum absolute atomic E-state index is 0.594. The van der Waals surface area contributed by atoms with Crippen LogP contribution in [0.25, 0.3) is 0 Å². The molecule has 0 aromatic carbocycles. The second-order valence-corrected chi connectivity index (χ2v) is 6.39. The van der Waals surface area contributed by atoms with Crippen LogP contribution in [0, 0.1) is 5.92 Å². The largest absolute Gasteiger partial charge is 0.354 e. The van der Waals surface area contributed by atoms with E-state index in [2.05, 4.69) is 58.7 Å². The van der Waals surface area contributed by atoms with E-state index >= 15 is 0 Å². The first-order valence-electron chi connectivity index (χ1n) is 6.11. The summed E-state index contributed by atoms with van der Waals surface area (Å²) in [5.41, 5.74) is 0. The molecule has 0 saturated heterocycles. The van der Waals surface area contributed by atoms with Gasteiger partial charge in [-0.3, -0.25) is 0 Å². The van der Waals surface area contributed by atoms with Gasteiger partial charge in [-0.15, -0.1) is 0 Å². The SMILES string of the molecule is CC(C)CN(CCN(C)C)c1ncc(Cl)cc1Br. The van der Waals surface area contributed by atoms with Crippen LogP contribution >= 0.6 is 27.5 Å². The number of halogens is 2. The van der Waals surface area contributed by atoms with Crippen molar-refractivity contribution in [1.29, 1.82) is 0 Å². The van der Waals surface area contributed by atoms with Crippen molar-refractivity contribution in [2.45, 2.75) is 13.8 Å². The monoisotopic (exact) mass is 333 g/mol. The van der Waals surface area contributed by atoms with Crippen LogP contribution in [0.4, 0.5) is 5.82 Å². The number of pyridine rings is 1. The Morgan fingerprint density at radius 3 is 2.50 bits per heavy atom. The molecule has 0 aliphatic heterocycles. The fourth-order valence-corrected chi connectivity index (χ4v) is 2.57. The van der Waals surface area contributed by atoms with Crippen LogP contribution in [0.2, 0.25) is 5.02 Å². The molecule has 18 heavy (non-hydrogen) atoms. The Morgan fingerprint density at radius 1 is 1.33 bits per heavy atom. The molecule has 1 aromatic heterocycles. The van der Waals surface area contributed by atoms with Crippen LogP contribution in [0.1, 0.15) is 13.8 Å². The number of likely N-dealkylation sites (N-methyl/N-ethyl adjacent to an activating group) is 1. The highest BCUT2D eigenvalue weighted by atomic mass is 79.9. The molecule has 0 unspecified atom stereocenters. The van der Waals surface area contributed by atoms with Crippen LogP contribution in [0.3, 0.4) is 0 Å². The smallest absolute Gasteiger partial charge is 0.143 e. The summed E-state index contributed by atoms with van der Waals surface area (Å²) in [7, 11) is 4.16. The van der Waals surface area contributed by atoms with E-state index < -0.39 is 0 Å². The standard InChI is InChI=1S/C13H21BrClN3/c1-10(2)9-18(6-5-17(3)4)13-12(14)7-11(15)8-16-13/h7-8,10H,5-6,9H2,1-4H3. The van der Waals surface area contributed by atoms with E-state index in [-0.39, 0.29) is 0 Å². The molecule has 0 radical (unpaired) electrons. The van der Waals surface area contributed by atoms with Gasteiger partial charge in [0.1, 0.15) is 5.82 Å². The Hall–Kier alpha value is -0.320. The zero-order valence-electron chi connectivity index (χ0n) is 11.5. The molecule has 1 aromatic rings. The molecule has 0 spiro atoms. The molecule has 5 heteroatoms. The summed E-state index contributed by atoms with van der Waals surface area (Å²) in [6.45, 7) is 7.38. The second-order valence-electron chi connectivity index (χ2n) is 5.10. The maximum Gasteiger partial charge on any atom is 0.143 e. The molecular formula is C13H21BrClN3. The van der Waals surface area contributed by atoms with Crippen molar-refractivity contribution in [3.8, 4) is 0 Å². The van der Waals surface area contributed by atoms with E-state index in [0.717, 1.165) is 29.9 Å². The van der Waals surface area contributed by atoms with Gasteiger partial charge in [-0.1, -0.05) is 25.4 Å². The fourth-order valence-electron chi connectivity index (χ4n) is 1.69. The van der Waals surface area contributed by atoms with Gasteiger partial charge in [-0.2, -0.15) is 0 Å². The van der Waals surface area contributed by atoms with Crippen LogP contribution in [0.15, 0.2) is 16.7 Å². The van der Waals surface area contributed by atoms with Crippen LogP contribution in [0.5, 0.6) is 0 Å². The lowest BCUT2D eigenvalue weighted by molar-refractivity contribution is 0.408. The summed E-state index contributed by atoms with van der Waals surface area (Å²) in [5.74, 6) is 1.56. The molecule has 0 atom stereocenters. The third-order valence-corrected chi connectivity index (χ3v) is 3.28. The summed E-state index contributed by atoms with van der Waals surface area (Å²) in [5, 5.41) is 0.655. The molecule has 1 heterocycles. The highest BCUT2D eigenvalue weighted by Gasteiger charge is 2.13. The van der Waals surface area contributed by atoms with Gasteiger partial charge in [0.15, 0.2) is 0 Å². The molecule has 0 bridgehead atoms. The Kier molecular flexibility index (Phi) is 6.39. The number of aromatic nitrogens is 1. The first-order chi connectivity index (χ1) is 8.40. The molecule has 0 N–H and O–H groups in total. The van der Waals surface area contributed by atoms with E-state index in [0.29, 0.717) is 10.9 Å². The van der Waals surface area contributed by atoms with Gasteiger partial charge in [0.2, 0.25) is 0 Å². The lowest BCUT2D eigenvalue weighted by Crippen LogP contribution is -2.35. The minimum atomic E-state index is 0.594. The normalized spacial score (nSPS) is 11.3. The molecule has 0 aliphatic rings.